The third-order valence-corrected chi connectivity index (χ3v) is 5.67. The van der Waals surface area contributed by atoms with Crippen molar-refractivity contribution in [2.45, 2.75) is 45.3 Å². The number of benzene rings is 1. The van der Waals surface area contributed by atoms with E-state index in [2.05, 4.69) is 27.1 Å². The van der Waals surface area contributed by atoms with E-state index < -0.39 is 6.10 Å². The summed E-state index contributed by atoms with van der Waals surface area (Å²) >= 11 is 0. The molecule has 1 aliphatic carbocycles. The molecule has 31 heavy (non-hydrogen) atoms. The number of halogens is 1. The number of amides is 1. The quantitative estimate of drug-likeness (QED) is 0.686. The van der Waals surface area contributed by atoms with E-state index in [4.69, 9.17) is 0 Å². The summed E-state index contributed by atoms with van der Waals surface area (Å²) in [5.41, 5.74) is 0.349. The molecule has 0 spiro atoms. The van der Waals surface area contributed by atoms with Crippen molar-refractivity contribution in [1.82, 2.24) is 14.9 Å². The summed E-state index contributed by atoms with van der Waals surface area (Å²) in [6.45, 7) is 8.55. The van der Waals surface area contributed by atoms with Crippen molar-refractivity contribution < 1.29 is 14.3 Å². The van der Waals surface area contributed by atoms with Crippen molar-refractivity contribution in [3.05, 3.63) is 48.0 Å². The monoisotopic (exact) mass is 429 g/mol. The molecule has 1 atom stereocenters. The van der Waals surface area contributed by atoms with Crippen LogP contribution in [0.3, 0.4) is 0 Å². The molecule has 168 valence electrons. The van der Waals surface area contributed by atoms with E-state index in [-0.39, 0.29) is 17.9 Å². The highest BCUT2D eigenvalue weighted by atomic mass is 19.1. The number of aliphatic hydroxyl groups is 1. The highest BCUT2D eigenvalue weighted by Crippen LogP contribution is 2.27. The molecule has 1 saturated carbocycles. The standard InChI is InChI=1S/C19H24FN5O2.C4H8/c1-19(2)11-24(7-8-25(19)13-26)18-9-17(22-12-23-18)21-10-16(27)14-3-5-15(20)6-4-14;1-4-2-3-4/h3-6,9,12-13,16,27H,7-8,10-11H2,1-2H3,(H,21,22,23);4H,2-3H2,1H3. The molecular formula is C23H32FN5O2. The highest BCUT2D eigenvalue weighted by Gasteiger charge is 2.33. The molecule has 1 saturated heterocycles. The topological polar surface area (TPSA) is 81.6 Å². The van der Waals surface area contributed by atoms with Crippen LogP contribution in [0.4, 0.5) is 16.0 Å². The van der Waals surface area contributed by atoms with E-state index in [1.54, 1.807) is 17.0 Å². The first-order valence-electron chi connectivity index (χ1n) is 10.7. The minimum absolute atomic E-state index is 0.243. The molecule has 2 N–H and O–H groups in total. The average Bonchev–Trinajstić information content (AvgIpc) is 3.54. The van der Waals surface area contributed by atoms with E-state index in [1.165, 1.54) is 31.3 Å². The summed E-state index contributed by atoms with van der Waals surface area (Å²) in [5.74, 6) is 2.11. The molecule has 2 aliphatic rings. The molecule has 1 aromatic carbocycles. The van der Waals surface area contributed by atoms with E-state index in [0.717, 1.165) is 18.1 Å². The fourth-order valence-corrected chi connectivity index (χ4v) is 3.35. The summed E-state index contributed by atoms with van der Waals surface area (Å²) < 4.78 is 13.0. The van der Waals surface area contributed by atoms with Gasteiger partial charge in [0.2, 0.25) is 6.41 Å². The second kappa shape index (κ2) is 10.0. The van der Waals surface area contributed by atoms with Gasteiger partial charge in [-0.25, -0.2) is 14.4 Å². The number of rotatable bonds is 6. The largest absolute Gasteiger partial charge is 0.387 e. The molecule has 1 aliphatic heterocycles. The first-order valence-corrected chi connectivity index (χ1v) is 10.7. The summed E-state index contributed by atoms with van der Waals surface area (Å²) in [7, 11) is 0. The maximum Gasteiger partial charge on any atom is 0.210 e. The van der Waals surface area contributed by atoms with Crippen LogP contribution in [-0.4, -0.2) is 58.1 Å². The van der Waals surface area contributed by atoms with E-state index >= 15 is 0 Å². The van der Waals surface area contributed by atoms with Gasteiger partial charge in [-0.1, -0.05) is 31.9 Å². The van der Waals surface area contributed by atoms with Crippen LogP contribution < -0.4 is 10.2 Å². The molecule has 2 aromatic rings. The van der Waals surface area contributed by atoms with E-state index in [1.807, 2.05) is 19.9 Å². The fraction of sp³-hybridized carbons (Fsp3) is 0.522. The Hall–Kier alpha value is -2.74. The smallest absolute Gasteiger partial charge is 0.210 e. The number of nitrogens with one attached hydrogen (secondary N) is 1. The van der Waals surface area contributed by atoms with Gasteiger partial charge in [-0.2, -0.15) is 0 Å². The Morgan fingerprint density at radius 3 is 2.52 bits per heavy atom. The van der Waals surface area contributed by atoms with Crippen LogP contribution >= 0.6 is 0 Å². The van der Waals surface area contributed by atoms with E-state index in [0.29, 0.717) is 31.0 Å². The predicted molar refractivity (Wildman–Crippen MR) is 119 cm³/mol. The lowest BCUT2D eigenvalue weighted by molar-refractivity contribution is -0.123. The first-order chi connectivity index (χ1) is 14.8. The first kappa shape index (κ1) is 22.9. The molecule has 7 nitrogen and oxygen atoms in total. The van der Waals surface area contributed by atoms with Gasteiger partial charge in [0.05, 0.1) is 11.6 Å². The van der Waals surface area contributed by atoms with Crippen LogP contribution in [0.1, 0.15) is 45.3 Å². The van der Waals surface area contributed by atoms with Crippen molar-refractivity contribution in [2.75, 3.05) is 36.4 Å². The van der Waals surface area contributed by atoms with Crippen LogP contribution in [0.5, 0.6) is 0 Å². The number of aliphatic hydroxyl groups excluding tert-OH is 1. The van der Waals surface area contributed by atoms with Gasteiger partial charge in [-0.15, -0.1) is 0 Å². The lowest BCUT2D eigenvalue weighted by Gasteiger charge is -2.45. The number of aromatic nitrogens is 2. The molecule has 1 aromatic heterocycles. The summed E-state index contributed by atoms with van der Waals surface area (Å²) in [6, 6.07) is 7.58. The molecule has 1 amide bonds. The molecule has 2 heterocycles. The Labute approximate surface area is 183 Å². The summed E-state index contributed by atoms with van der Waals surface area (Å²) in [5, 5.41) is 13.3. The number of hydrogen-bond acceptors (Lipinski definition) is 6. The minimum atomic E-state index is -0.779. The van der Waals surface area contributed by atoms with E-state index in [9.17, 15) is 14.3 Å². The molecule has 0 radical (unpaired) electrons. The zero-order chi connectivity index (χ0) is 22.4. The van der Waals surface area contributed by atoms with Crippen molar-refractivity contribution in [3.8, 4) is 0 Å². The fourth-order valence-electron chi connectivity index (χ4n) is 3.35. The van der Waals surface area contributed by atoms with Crippen LogP contribution in [0.2, 0.25) is 0 Å². The second-order valence-corrected chi connectivity index (χ2v) is 8.93. The summed E-state index contributed by atoms with van der Waals surface area (Å²) in [4.78, 5) is 23.6. The van der Waals surface area contributed by atoms with Gasteiger partial charge in [0.25, 0.3) is 0 Å². The maximum absolute atomic E-state index is 13.0. The molecule has 8 heteroatoms. The van der Waals surface area contributed by atoms with Crippen LogP contribution in [-0.2, 0) is 4.79 Å². The number of carbonyl (C=O) groups is 1. The SMILES string of the molecule is CC1(C)CN(c2cc(NCC(O)c3ccc(F)cc3)ncn2)CCN1C=O.CC1CC1. The zero-order valence-corrected chi connectivity index (χ0v) is 18.5. The van der Waals surface area contributed by atoms with Gasteiger partial charge < -0.3 is 20.2 Å². The van der Waals surface area contributed by atoms with Crippen LogP contribution in [0.25, 0.3) is 0 Å². The van der Waals surface area contributed by atoms with Gasteiger partial charge in [-0.05, 0) is 37.5 Å². The number of anilines is 2. The Bertz CT molecular complexity index is 857. The highest BCUT2D eigenvalue weighted by molar-refractivity contribution is 5.53. The normalized spacial score (nSPS) is 18.6. The number of hydrogen-bond donors (Lipinski definition) is 2. The van der Waals surface area contributed by atoms with Crippen molar-refractivity contribution >= 4 is 18.0 Å². The molecular weight excluding hydrogens is 397 g/mol. The molecule has 4 rings (SSSR count). The van der Waals surface area contributed by atoms with Gasteiger partial charge in [-0.3, -0.25) is 4.79 Å². The lowest BCUT2D eigenvalue weighted by Crippen LogP contribution is -2.59. The predicted octanol–water partition coefficient (Wildman–Crippen LogP) is 3.23. The maximum atomic E-state index is 13.0. The minimum Gasteiger partial charge on any atom is -0.387 e. The number of nitrogens with zero attached hydrogens (tertiary/aromatic N) is 4. The Kier molecular flexibility index (Phi) is 7.43. The van der Waals surface area contributed by atoms with Crippen molar-refractivity contribution in [1.29, 1.82) is 0 Å². The third-order valence-electron chi connectivity index (χ3n) is 5.67. The van der Waals surface area contributed by atoms with Gasteiger partial charge in [0, 0.05) is 32.2 Å². The summed E-state index contributed by atoms with van der Waals surface area (Å²) in [6.07, 6.45) is 4.56. The lowest BCUT2D eigenvalue weighted by atomic mass is 10.00. The van der Waals surface area contributed by atoms with Crippen molar-refractivity contribution in [3.63, 3.8) is 0 Å². The number of piperazine rings is 1. The average molecular weight is 430 g/mol. The van der Waals surface area contributed by atoms with Crippen LogP contribution in [0, 0.1) is 11.7 Å². The Morgan fingerprint density at radius 2 is 1.94 bits per heavy atom. The Balaban J connectivity index is 0.000000610. The Morgan fingerprint density at radius 1 is 1.26 bits per heavy atom. The zero-order valence-electron chi connectivity index (χ0n) is 18.5. The molecule has 1 unspecified atom stereocenters. The number of carbonyl (C=O) groups excluding carboxylic acids is 1. The van der Waals surface area contributed by atoms with Crippen LogP contribution in [0.15, 0.2) is 36.7 Å². The van der Waals surface area contributed by atoms with Crippen molar-refractivity contribution in [2.24, 2.45) is 5.92 Å². The van der Waals surface area contributed by atoms with Gasteiger partial charge >= 0.3 is 0 Å². The second-order valence-electron chi connectivity index (χ2n) is 8.93. The molecule has 2 fully saturated rings. The van der Waals surface area contributed by atoms with Gasteiger partial charge in [0.15, 0.2) is 0 Å². The third kappa shape index (κ3) is 6.62. The van der Waals surface area contributed by atoms with Gasteiger partial charge in [0.1, 0.15) is 23.8 Å². The molecule has 0 bridgehead atoms.